The van der Waals surface area contributed by atoms with E-state index in [1.54, 1.807) is 0 Å². The van der Waals surface area contributed by atoms with E-state index in [0.29, 0.717) is 0 Å². The first-order valence-electron chi connectivity index (χ1n) is 12.3. The third-order valence-electron chi connectivity index (χ3n) is 7.10. The van der Waals surface area contributed by atoms with Crippen molar-refractivity contribution < 1.29 is 0 Å². The summed E-state index contributed by atoms with van der Waals surface area (Å²) < 4.78 is 0. The summed E-state index contributed by atoms with van der Waals surface area (Å²) in [6.45, 7) is 8.94. The molecule has 1 nitrogen and oxygen atoms in total. The minimum atomic E-state index is 0.150. The molecule has 1 aromatic heterocycles. The number of benzene rings is 5. The first-order chi connectivity index (χ1) is 16.9. The van der Waals surface area contributed by atoms with Gasteiger partial charge in [-0.05, 0) is 79.7 Å². The van der Waals surface area contributed by atoms with Crippen LogP contribution in [0.2, 0.25) is 0 Å². The Morgan fingerprint density at radius 2 is 1.20 bits per heavy atom. The lowest BCUT2D eigenvalue weighted by Crippen LogP contribution is -2.10. The summed E-state index contributed by atoms with van der Waals surface area (Å²) in [5, 5.41) is 7.56. The Kier molecular flexibility index (Phi) is 4.96. The lowest BCUT2D eigenvalue weighted by atomic mass is 9.86. The molecule has 0 aliphatic heterocycles. The molecule has 0 aliphatic rings. The molecule has 5 aromatic carbocycles. The van der Waals surface area contributed by atoms with Crippen LogP contribution in [0.3, 0.4) is 0 Å². The third kappa shape index (κ3) is 3.78. The summed E-state index contributed by atoms with van der Waals surface area (Å²) in [6.07, 6.45) is 1.95. The largest absolute Gasteiger partial charge is 0.256 e. The van der Waals surface area contributed by atoms with Crippen molar-refractivity contribution in [3.8, 4) is 22.4 Å². The topological polar surface area (TPSA) is 12.9 Å². The van der Waals surface area contributed by atoms with Crippen molar-refractivity contribution in [1.82, 2.24) is 4.98 Å². The smallest absolute Gasteiger partial charge is 0.0780 e. The fraction of sp³-hybridized carbons (Fsp3) is 0.147. The van der Waals surface area contributed by atoms with Gasteiger partial charge in [-0.1, -0.05) is 99.6 Å². The van der Waals surface area contributed by atoms with E-state index in [1.165, 1.54) is 54.6 Å². The zero-order chi connectivity index (χ0) is 24.2. The third-order valence-corrected chi connectivity index (χ3v) is 7.10. The van der Waals surface area contributed by atoms with E-state index < -0.39 is 0 Å². The van der Waals surface area contributed by atoms with E-state index in [1.807, 2.05) is 6.20 Å². The van der Waals surface area contributed by atoms with Gasteiger partial charge in [0.25, 0.3) is 0 Å². The van der Waals surface area contributed by atoms with E-state index in [-0.39, 0.29) is 5.41 Å². The van der Waals surface area contributed by atoms with Gasteiger partial charge in [-0.15, -0.1) is 0 Å². The SMILES string of the molecule is Cc1cc(-c2ccc(C(C)(C)C)cc2)cc(-c2nccc3c2ccc2c4ccccc4ccc32)c1. The van der Waals surface area contributed by atoms with Gasteiger partial charge in [0.15, 0.2) is 0 Å². The van der Waals surface area contributed by atoms with Crippen LogP contribution in [0.1, 0.15) is 31.9 Å². The van der Waals surface area contributed by atoms with Crippen LogP contribution in [-0.4, -0.2) is 4.98 Å². The van der Waals surface area contributed by atoms with Crippen molar-refractivity contribution in [3.63, 3.8) is 0 Å². The average Bonchev–Trinajstić information content (AvgIpc) is 2.87. The molecule has 0 saturated carbocycles. The highest BCUT2D eigenvalue weighted by molar-refractivity contribution is 6.18. The van der Waals surface area contributed by atoms with Gasteiger partial charge in [-0.25, -0.2) is 0 Å². The van der Waals surface area contributed by atoms with E-state index in [4.69, 9.17) is 4.98 Å². The predicted molar refractivity (Wildman–Crippen MR) is 151 cm³/mol. The molecule has 0 radical (unpaired) electrons. The Morgan fingerprint density at radius 3 is 2.00 bits per heavy atom. The van der Waals surface area contributed by atoms with Gasteiger partial charge < -0.3 is 0 Å². The molecular weight excluding hydrogens is 422 g/mol. The van der Waals surface area contributed by atoms with Gasteiger partial charge in [0, 0.05) is 17.1 Å². The highest BCUT2D eigenvalue weighted by atomic mass is 14.7. The molecule has 0 spiro atoms. The fourth-order valence-electron chi connectivity index (χ4n) is 5.23. The first-order valence-corrected chi connectivity index (χ1v) is 12.3. The molecule has 0 aliphatic carbocycles. The maximum Gasteiger partial charge on any atom is 0.0780 e. The Morgan fingerprint density at radius 1 is 0.543 bits per heavy atom. The molecule has 0 fully saturated rings. The first kappa shape index (κ1) is 21.6. The van der Waals surface area contributed by atoms with Gasteiger partial charge in [0.05, 0.1) is 5.69 Å². The molecule has 0 unspecified atom stereocenters. The van der Waals surface area contributed by atoms with Crippen molar-refractivity contribution in [1.29, 1.82) is 0 Å². The molecule has 1 heteroatoms. The molecule has 0 saturated heterocycles. The number of aromatic nitrogens is 1. The van der Waals surface area contributed by atoms with E-state index >= 15 is 0 Å². The van der Waals surface area contributed by atoms with Crippen LogP contribution < -0.4 is 0 Å². The van der Waals surface area contributed by atoms with Crippen LogP contribution in [-0.2, 0) is 5.41 Å². The maximum atomic E-state index is 4.87. The zero-order valence-electron chi connectivity index (χ0n) is 20.8. The van der Waals surface area contributed by atoms with Crippen molar-refractivity contribution in [2.75, 3.05) is 0 Å². The monoisotopic (exact) mass is 451 g/mol. The molecule has 6 aromatic rings. The highest BCUT2D eigenvalue weighted by Gasteiger charge is 2.14. The summed E-state index contributed by atoms with van der Waals surface area (Å²) in [5.74, 6) is 0. The Labute approximate surface area is 207 Å². The number of hydrogen-bond donors (Lipinski definition) is 0. The van der Waals surface area contributed by atoms with Gasteiger partial charge >= 0.3 is 0 Å². The van der Waals surface area contributed by atoms with Crippen molar-refractivity contribution in [3.05, 3.63) is 114 Å². The Bertz CT molecular complexity index is 1720. The highest BCUT2D eigenvalue weighted by Crippen LogP contribution is 2.36. The number of hydrogen-bond acceptors (Lipinski definition) is 1. The molecule has 0 amide bonds. The van der Waals surface area contributed by atoms with Crippen LogP contribution >= 0.6 is 0 Å². The molecule has 0 N–H and O–H groups in total. The van der Waals surface area contributed by atoms with Crippen molar-refractivity contribution >= 4 is 32.3 Å². The number of pyridine rings is 1. The molecular formula is C34H29N. The molecule has 0 atom stereocenters. The van der Waals surface area contributed by atoms with Crippen molar-refractivity contribution in [2.45, 2.75) is 33.1 Å². The van der Waals surface area contributed by atoms with E-state index in [0.717, 1.165) is 11.3 Å². The second-order valence-electron chi connectivity index (χ2n) is 10.6. The average molecular weight is 452 g/mol. The zero-order valence-corrected chi connectivity index (χ0v) is 20.8. The minimum Gasteiger partial charge on any atom is -0.256 e. The standard InChI is InChI=1S/C34H29N/c1-22-19-25(23-9-12-27(13-10-23)34(2,3)4)21-26(20-22)33-32-16-15-29-28-8-6-5-7-24(28)11-14-30(29)31(32)17-18-35-33/h5-21H,1-4H3. The van der Waals surface area contributed by atoms with Gasteiger partial charge in [0.2, 0.25) is 0 Å². The predicted octanol–water partition coefficient (Wildman–Crippen LogP) is 9.48. The minimum absolute atomic E-state index is 0.150. The number of rotatable bonds is 2. The second-order valence-corrected chi connectivity index (χ2v) is 10.6. The van der Waals surface area contributed by atoms with Crippen LogP contribution in [0.15, 0.2) is 103 Å². The number of nitrogens with zero attached hydrogens (tertiary/aromatic N) is 1. The fourth-order valence-corrected chi connectivity index (χ4v) is 5.23. The maximum absolute atomic E-state index is 4.87. The van der Waals surface area contributed by atoms with Crippen molar-refractivity contribution in [2.24, 2.45) is 0 Å². The molecule has 0 bridgehead atoms. The summed E-state index contributed by atoms with van der Waals surface area (Å²) >= 11 is 0. The van der Waals surface area contributed by atoms with Crippen LogP contribution in [0, 0.1) is 6.92 Å². The summed E-state index contributed by atoms with van der Waals surface area (Å²) in [7, 11) is 0. The summed E-state index contributed by atoms with van der Waals surface area (Å²) in [5.41, 5.74) is 7.40. The molecule has 6 rings (SSSR count). The summed E-state index contributed by atoms with van der Waals surface area (Å²) in [4.78, 5) is 4.87. The molecule has 1 heterocycles. The quantitative estimate of drug-likeness (QED) is 0.239. The van der Waals surface area contributed by atoms with E-state index in [2.05, 4.69) is 125 Å². The summed E-state index contributed by atoms with van der Waals surface area (Å²) in [6, 6.07) is 35.5. The van der Waals surface area contributed by atoms with Crippen LogP contribution in [0.25, 0.3) is 54.7 Å². The van der Waals surface area contributed by atoms with Gasteiger partial charge in [0.1, 0.15) is 0 Å². The lowest BCUT2D eigenvalue weighted by Gasteiger charge is -2.19. The molecule has 170 valence electrons. The Balaban J connectivity index is 1.52. The lowest BCUT2D eigenvalue weighted by molar-refractivity contribution is 0.590. The number of aryl methyl sites for hydroxylation is 1. The van der Waals surface area contributed by atoms with E-state index in [9.17, 15) is 0 Å². The van der Waals surface area contributed by atoms with Crippen LogP contribution in [0.4, 0.5) is 0 Å². The number of fused-ring (bicyclic) bond motifs is 5. The second kappa shape index (κ2) is 8.06. The van der Waals surface area contributed by atoms with Gasteiger partial charge in [-0.3, -0.25) is 4.98 Å². The van der Waals surface area contributed by atoms with Crippen LogP contribution in [0.5, 0.6) is 0 Å². The Hall–Kier alpha value is -3.97. The van der Waals surface area contributed by atoms with Gasteiger partial charge in [-0.2, -0.15) is 0 Å². The normalized spacial score (nSPS) is 12.0. The molecule has 35 heavy (non-hydrogen) atoms.